The van der Waals surface area contributed by atoms with Crippen molar-refractivity contribution in [2.45, 2.75) is 109 Å². The van der Waals surface area contributed by atoms with Crippen molar-refractivity contribution in [2.75, 3.05) is 0 Å². The standard InChI is InChI=1S/C40H56O8/c1-25(2)21-37(9)29(41)13-15-31(43)38(10,22-26(3)4)33(45)17-19-35(47)40(12,24-28(7)8)36(48)20-18-34(46)39(11,23-27(5)6)32(44)16-14-30(37)42/h13-20,25-28H,21-24H2,1-12H3/b15-13-,16-14+,19-17+,20-18+. The Labute approximate surface area is 286 Å². The number of allylic oxidation sites excluding steroid dienone is 8. The average Bonchev–Trinajstić information content (AvgIpc) is 2.96. The van der Waals surface area contributed by atoms with E-state index >= 15 is 0 Å². The molecular formula is C40H56O8. The maximum absolute atomic E-state index is 13.6. The first kappa shape index (κ1) is 42.3. The summed E-state index contributed by atoms with van der Waals surface area (Å²) in [5.74, 6) is -5.81. The van der Waals surface area contributed by atoms with E-state index in [0.717, 1.165) is 48.6 Å². The molecule has 0 saturated carbocycles. The van der Waals surface area contributed by atoms with E-state index in [0.29, 0.717) is 0 Å². The molecule has 0 N–H and O–H groups in total. The molecule has 1 rings (SSSR count). The molecule has 0 heterocycles. The summed E-state index contributed by atoms with van der Waals surface area (Å²) in [7, 11) is 0. The fourth-order valence-electron chi connectivity index (χ4n) is 6.63. The molecule has 1 aliphatic rings. The highest BCUT2D eigenvalue weighted by atomic mass is 16.2. The van der Waals surface area contributed by atoms with E-state index in [9.17, 15) is 38.4 Å². The molecule has 0 fully saturated rings. The Morgan fingerprint density at radius 3 is 0.500 bits per heavy atom. The molecule has 0 aromatic carbocycles. The van der Waals surface area contributed by atoms with Crippen molar-refractivity contribution in [3.05, 3.63) is 48.6 Å². The van der Waals surface area contributed by atoms with Gasteiger partial charge >= 0.3 is 0 Å². The van der Waals surface area contributed by atoms with Gasteiger partial charge in [0.15, 0.2) is 46.3 Å². The molecule has 0 spiro atoms. The van der Waals surface area contributed by atoms with E-state index in [4.69, 9.17) is 0 Å². The highest BCUT2D eigenvalue weighted by molar-refractivity contribution is 6.23. The van der Waals surface area contributed by atoms with Crippen molar-refractivity contribution in [1.29, 1.82) is 0 Å². The molecule has 264 valence electrons. The van der Waals surface area contributed by atoms with Crippen molar-refractivity contribution in [3.8, 4) is 0 Å². The zero-order chi connectivity index (χ0) is 37.4. The van der Waals surface area contributed by atoms with Crippen LogP contribution in [0.4, 0.5) is 0 Å². The first-order valence-corrected chi connectivity index (χ1v) is 16.9. The van der Waals surface area contributed by atoms with Crippen LogP contribution in [0.25, 0.3) is 0 Å². The van der Waals surface area contributed by atoms with Crippen LogP contribution in [0.2, 0.25) is 0 Å². The largest absolute Gasteiger partial charge is 0.294 e. The van der Waals surface area contributed by atoms with Crippen LogP contribution >= 0.6 is 0 Å². The number of hydrogen-bond donors (Lipinski definition) is 0. The molecule has 0 aliphatic heterocycles. The van der Waals surface area contributed by atoms with Crippen LogP contribution in [-0.2, 0) is 38.4 Å². The highest BCUT2D eigenvalue weighted by Gasteiger charge is 2.44. The molecule has 0 saturated heterocycles. The molecule has 48 heavy (non-hydrogen) atoms. The third-order valence-corrected chi connectivity index (χ3v) is 9.16. The van der Waals surface area contributed by atoms with Gasteiger partial charge in [-0.25, -0.2) is 0 Å². The van der Waals surface area contributed by atoms with Crippen molar-refractivity contribution in [1.82, 2.24) is 0 Å². The Balaban J connectivity index is 4.06. The summed E-state index contributed by atoms with van der Waals surface area (Å²) in [6.07, 6.45) is 8.49. The Morgan fingerprint density at radius 1 is 0.312 bits per heavy atom. The maximum atomic E-state index is 13.6. The molecule has 8 nitrogen and oxygen atoms in total. The third-order valence-electron chi connectivity index (χ3n) is 9.16. The molecule has 0 bridgehead atoms. The summed E-state index contributed by atoms with van der Waals surface area (Å²) >= 11 is 0. The van der Waals surface area contributed by atoms with E-state index in [1.165, 1.54) is 27.7 Å². The van der Waals surface area contributed by atoms with Gasteiger partial charge in [-0.2, -0.15) is 0 Å². The average molecular weight is 665 g/mol. The number of carbonyl (C=O) groups excluding carboxylic acids is 8. The number of carbonyl (C=O) groups is 8. The summed E-state index contributed by atoms with van der Waals surface area (Å²) in [6, 6.07) is 0. The van der Waals surface area contributed by atoms with Crippen LogP contribution in [0.3, 0.4) is 0 Å². The summed E-state index contributed by atoms with van der Waals surface area (Å²) in [5, 5.41) is 0. The minimum absolute atomic E-state index is 0.108. The number of rotatable bonds is 8. The van der Waals surface area contributed by atoms with Crippen LogP contribution in [0, 0.1) is 45.3 Å². The van der Waals surface area contributed by atoms with Crippen LogP contribution < -0.4 is 0 Å². The van der Waals surface area contributed by atoms with Gasteiger partial charge in [0, 0.05) is 0 Å². The lowest BCUT2D eigenvalue weighted by molar-refractivity contribution is -0.138. The minimum atomic E-state index is -1.64. The lowest BCUT2D eigenvalue weighted by atomic mass is 9.71. The minimum Gasteiger partial charge on any atom is -0.294 e. The SMILES string of the molecule is CC(C)CC1(C)C(=O)/C=C\C(=O)C(C)(CC(C)C)C(=O)/C=C/C(=O)C(C)(CC(C)C)C(=O)/C=C/C(=O)C(C)(CC(C)C)C(=O)/C=C/C1=O. The van der Waals surface area contributed by atoms with Crippen molar-refractivity contribution < 1.29 is 38.4 Å². The zero-order valence-electron chi connectivity index (χ0n) is 31.0. The molecule has 0 radical (unpaired) electrons. The normalized spacial score (nSPS) is 31.7. The second-order valence-electron chi connectivity index (χ2n) is 16.0. The van der Waals surface area contributed by atoms with Crippen LogP contribution in [0.5, 0.6) is 0 Å². The van der Waals surface area contributed by atoms with E-state index in [-0.39, 0.29) is 49.4 Å². The Morgan fingerprint density at radius 2 is 0.417 bits per heavy atom. The third kappa shape index (κ3) is 10.2. The molecule has 4 atom stereocenters. The Bertz CT molecular complexity index is 1140. The first-order chi connectivity index (χ1) is 21.9. The van der Waals surface area contributed by atoms with Gasteiger partial charge in [-0.1, -0.05) is 55.4 Å². The smallest absolute Gasteiger partial charge is 0.169 e. The first-order valence-electron chi connectivity index (χ1n) is 16.9. The van der Waals surface area contributed by atoms with Gasteiger partial charge < -0.3 is 0 Å². The van der Waals surface area contributed by atoms with E-state index in [1.54, 1.807) is 0 Å². The molecule has 4 unspecified atom stereocenters. The van der Waals surface area contributed by atoms with Gasteiger partial charge in [-0.15, -0.1) is 0 Å². The Kier molecular flexibility index (Phi) is 14.7. The topological polar surface area (TPSA) is 137 Å². The van der Waals surface area contributed by atoms with Crippen molar-refractivity contribution >= 4 is 46.3 Å². The maximum Gasteiger partial charge on any atom is 0.169 e. The molecule has 0 amide bonds. The summed E-state index contributed by atoms with van der Waals surface area (Å²) in [5.41, 5.74) is -6.56. The summed E-state index contributed by atoms with van der Waals surface area (Å²) in [6.45, 7) is 20.4. The lowest BCUT2D eigenvalue weighted by Gasteiger charge is -2.29. The second-order valence-corrected chi connectivity index (χ2v) is 16.0. The van der Waals surface area contributed by atoms with E-state index < -0.39 is 67.9 Å². The van der Waals surface area contributed by atoms with Crippen LogP contribution in [-0.4, -0.2) is 46.3 Å². The second kappa shape index (κ2) is 16.6. The molecule has 0 aromatic rings. The monoisotopic (exact) mass is 664 g/mol. The van der Waals surface area contributed by atoms with E-state index in [1.807, 2.05) is 55.4 Å². The predicted octanol–water partition coefficient (Wildman–Crippen LogP) is 6.99. The van der Waals surface area contributed by atoms with Gasteiger partial charge in [0.1, 0.15) is 0 Å². The summed E-state index contributed by atoms with van der Waals surface area (Å²) < 4.78 is 0. The number of ketones is 8. The molecular weight excluding hydrogens is 608 g/mol. The van der Waals surface area contributed by atoms with Gasteiger partial charge in [0.25, 0.3) is 0 Å². The van der Waals surface area contributed by atoms with Gasteiger partial charge in [-0.3, -0.25) is 38.4 Å². The summed E-state index contributed by atoms with van der Waals surface area (Å²) in [4.78, 5) is 109. The van der Waals surface area contributed by atoms with Gasteiger partial charge in [0.2, 0.25) is 0 Å². The van der Waals surface area contributed by atoms with Crippen LogP contribution in [0.1, 0.15) is 109 Å². The quantitative estimate of drug-likeness (QED) is 0.253. The van der Waals surface area contributed by atoms with Crippen molar-refractivity contribution in [3.63, 3.8) is 0 Å². The predicted molar refractivity (Wildman–Crippen MR) is 187 cm³/mol. The number of hydrogen-bond acceptors (Lipinski definition) is 8. The van der Waals surface area contributed by atoms with E-state index in [2.05, 4.69) is 0 Å². The Hall–Kier alpha value is -3.68. The fourth-order valence-corrected chi connectivity index (χ4v) is 6.63. The molecule has 8 heteroatoms. The lowest BCUT2D eigenvalue weighted by Crippen LogP contribution is -2.39. The van der Waals surface area contributed by atoms with Gasteiger partial charge in [-0.05, 0) is 126 Å². The fraction of sp³-hybridized carbons (Fsp3) is 0.600. The zero-order valence-corrected chi connectivity index (χ0v) is 31.0. The molecule has 1 aliphatic carbocycles. The van der Waals surface area contributed by atoms with Gasteiger partial charge in [0.05, 0.1) is 21.7 Å². The molecule has 0 aromatic heterocycles. The highest BCUT2D eigenvalue weighted by Crippen LogP contribution is 2.35. The van der Waals surface area contributed by atoms with Crippen molar-refractivity contribution in [2.24, 2.45) is 45.3 Å². The van der Waals surface area contributed by atoms with Crippen LogP contribution in [0.15, 0.2) is 48.6 Å².